The Morgan fingerprint density at radius 1 is 1.19 bits per heavy atom. The van der Waals surface area contributed by atoms with Crippen molar-refractivity contribution in [3.8, 4) is 0 Å². The van der Waals surface area contributed by atoms with Crippen LogP contribution in [0.15, 0.2) is 24.3 Å². The molecule has 2 saturated heterocycles. The summed E-state index contributed by atoms with van der Waals surface area (Å²) in [5.41, 5.74) is 2.02. The molecule has 1 aromatic heterocycles. The molecule has 1 amide bonds. The third-order valence-electron chi connectivity index (χ3n) is 5.05. The lowest BCUT2D eigenvalue weighted by atomic mass is 10.00. The van der Waals surface area contributed by atoms with Crippen LogP contribution >= 0.6 is 11.5 Å². The third kappa shape index (κ3) is 4.22. The average molecular weight is 372 g/mol. The van der Waals surface area contributed by atoms with Crippen molar-refractivity contribution < 1.29 is 9.53 Å². The first-order chi connectivity index (χ1) is 12.8. The van der Waals surface area contributed by atoms with Crippen molar-refractivity contribution in [2.24, 2.45) is 0 Å². The number of rotatable bonds is 5. The predicted molar refractivity (Wildman–Crippen MR) is 102 cm³/mol. The quantitative estimate of drug-likeness (QED) is 0.872. The van der Waals surface area contributed by atoms with E-state index in [2.05, 4.69) is 14.7 Å². The van der Waals surface area contributed by atoms with Gasteiger partial charge in [-0.2, -0.15) is 4.37 Å². The molecule has 1 aromatic carbocycles. The largest absolute Gasteiger partial charge is 0.381 e. The molecule has 6 nitrogen and oxygen atoms in total. The Hall–Kier alpha value is -1.99. The second kappa shape index (κ2) is 8.14. The van der Waals surface area contributed by atoms with Gasteiger partial charge in [-0.05, 0) is 43.4 Å². The first kappa shape index (κ1) is 17.4. The summed E-state index contributed by atoms with van der Waals surface area (Å²) in [7, 11) is 0. The third-order valence-corrected chi connectivity index (χ3v) is 5.69. The lowest BCUT2D eigenvalue weighted by molar-refractivity contribution is -0.129. The van der Waals surface area contributed by atoms with Gasteiger partial charge in [-0.1, -0.05) is 12.1 Å². The fraction of sp³-hybridized carbons (Fsp3) is 0.526. The average Bonchev–Trinajstić information content (AvgIpc) is 3.36. The molecular weight excluding hydrogens is 348 g/mol. The lowest BCUT2D eigenvalue weighted by Gasteiger charge is -2.18. The maximum Gasteiger partial charge on any atom is 0.226 e. The molecule has 3 heterocycles. The van der Waals surface area contributed by atoms with E-state index in [4.69, 9.17) is 4.74 Å². The summed E-state index contributed by atoms with van der Waals surface area (Å²) in [4.78, 5) is 18.8. The maximum atomic E-state index is 12.2. The molecule has 0 radical (unpaired) electrons. The lowest BCUT2D eigenvalue weighted by Crippen LogP contribution is -2.29. The monoisotopic (exact) mass is 372 g/mol. The number of hydrogen-bond acceptors (Lipinski definition) is 6. The normalized spacial score (nSPS) is 18.2. The van der Waals surface area contributed by atoms with E-state index in [9.17, 15) is 4.79 Å². The predicted octanol–water partition coefficient (Wildman–Crippen LogP) is 3.34. The van der Waals surface area contributed by atoms with Crippen LogP contribution in [0.5, 0.6) is 0 Å². The van der Waals surface area contributed by atoms with E-state index >= 15 is 0 Å². The van der Waals surface area contributed by atoms with Crippen LogP contribution in [-0.4, -0.2) is 46.5 Å². The van der Waals surface area contributed by atoms with E-state index in [1.807, 2.05) is 29.2 Å². The number of nitrogens with one attached hydrogen (secondary N) is 1. The van der Waals surface area contributed by atoms with E-state index in [1.54, 1.807) is 0 Å². The number of hydrogen-bond donors (Lipinski definition) is 1. The molecule has 2 aliphatic rings. The number of carbonyl (C=O) groups excluding carboxylic acids is 1. The summed E-state index contributed by atoms with van der Waals surface area (Å²) in [5, 5.41) is 4.13. The van der Waals surface area contributed by atoms with Gasteiger partial charge in [0.1, 0.15) is 5.82 Å². The van der Waals surface area contributed by atoms with Crippen molar-refractivity contribution >= 4 is 28.3 Å². The van der Waals surface area contributed by atoms with Gasteiger partial charge in [0, 0.05) is 49.4 Å². The van der Waals surface area contributed by atoms with Crippen molar-refractivity contribution in [3.63, 3.8) is 0 Å². The summed E-state index contributed by atoms with van der Waals surface area (Å²) in [6.45, 7) is 3.41. The second-order valence-electron chi connectivity index (χ2n) is 6.93. The number of ether oxygens (including phenoxy) is 1. The summed E-state index contributed by atoms with van der Waals surface area (Å²) >= 11 is 1.40. The first-order valence-electron chi connectivity index (χ1n) is 9.33. The van der Waals surface area contributed by atoms with Crippen molar-refractivity contribution in [2.75, 3.05) is 31.6 Å². The standard InChI is InChI=1S/C19H24N4O2S/c24-17(23-9-1-2-10-23)13-14-3-5-16(6-4-14)20-19-21-18(22-26-19)15-7-11-25-12-8-15/h3-6,15H,1-2,7-13H2,(H,20,21,22). The number of anilines is 2. The smallest absolute Gasteiger partial charge is 0.226 e. The molecule has 0 saturated carbocycles. The molecule has 26 heavy (non-hydrogen) atoms. The molecule has 0 spiro atoms. The summed E-state index contributed by atoms with van der Waals surface area (Å²) in [6.07, 6.45) is 4.73. The van der Waals surface area contributed by atoms with Crippen LogP contribution in [0.3, 0.4) is 0 Å². The maximum absolute atomic E-state index is 12.2. The fourth-order valence-electron chi connectivity index (χ4n) is 3.49. The van der Waals surface area contributed by atoms with E-state index in [1.165, 1.54) is 11.5 Å². The van der Waals surface area contributed by atoms with Crippen LogP contribution in [-0.2, 0) is 16.0 Å². The van der Waals surface area contributed by atoms with Crippen LogP contribution in [0.1, 0.15) is 43.0 Å². The fourth-order valence-corrected chi connectivity index (χ4v) is 4.16. The molecule has 0 bridgehead atoms. The van der Waals surface area contributed by atoms with Gasteiger partial charge in [-0.25, -0.2) is 4.98 Å². The van der Waals surface area contributed by atoms with Crippen LogP contribution in [0.2, 0.25) is 0 Å². The van der Waals surface area contributed by atoms with Crippen molar-refractivity contribution in [3.05, 3.63) is 35.7 Å². The van der Waals surface area contributed by atoms with Gasteiger partial charge in [-0.3, -0.25) is 4.79 Å². The Kier molecular flexibility index (Phi) is 5.45. The topological polar surface area (TPSA) is 67.3 Å². The molecule has 7 heteroatoms. The van der Waals surface area contributed by atoms with E-state index in [0.717, 1.165) is 74.2 Å². The van der Waals surface area contributed by atoms with E-state index < -0.39 is 0 Å². The van der Waals surface area contributed by atoms with Crippen molar-refractivity contribution in [1.82, 2.24) is 14.3 Å². The summed E-state index contributed by atoms with van der Waals surface area (Å²) in [5.74, 6) is 1.57. The summed E-state index contributed by atoms with van der Waals surface area (Å²) in [6, 6.07) is 8.03. The number of benzene rings is 1. The highest BCUT2D eigenvalue weighted by Gasteiger charge is 2.20. The molecule has 1 N–H and O–H groups in total. The van der Waals surface area contributed by atoms with Crippen LogP contribution < -0.4 is 5.32 Å². The molecule has 0 unspecified atom stereocenters. The van der Waals surface area contributed by atoms with Gasteiger partial charge in [-0.15, -0.1) is 0 Å². The molecule has 138 valence electrons. The molecule has 2 aliphatic heterocycles. The van der Waals surface area contributed by atoms with E-state index in [-0.39, 0.29) is 5.91 Å². The van der Waals surface area contributed by atoms with Gasteiger partial charge in [0.15, 0.2) is 0 Å². The highest BCUT2D eigenvalue weighted by atomic mass is 32.1. The summed E-state index contributed by atoms with van der Waals surface area (Å²) < 4.78 is 9.90. The van der Waals surface area contributed by atoms with Gasteiger partial charge >= 0.3 is 0 Å². The Balaban J connectivity index is 1.33. The number of amides is 1. The zero-order chi connectivity index (χ0) is 17.8. The Bertz CT molecular complexity index is 734. The molecule has 0 atom stereocenters. The SMILES string of the molecule is O=C(Cc1ccc(Nc2nc(C3CCOCC3)ns2)cc1)N1CCCC1. The van der Waals surface area contributed by atoms with Gasteiger partial charge in [0.05, 0.1) is 6.42 Å². The number of likely N-dealkylation sites (tertiary alicyclic amines) is 1. The number of carbonyl (C=O) groups is 1. The Morgan fingerprint density at radius 3 is 2.65 bits per heavy atom. The van der Waals surface area contributed by atoms with Gasteiger partial charge in [0.2, 0.25) is 11.0 Å². The molecule has 2 aromatic rings. The second-order valence-corrected chi connectivity index (χ2v) is 7.68. The van der Waals surface area contributed by atoms with Crippen molar-refractivity contribution in [2.45, 2.75) is 38.0 Å². The van der Waals surface area contributed by atoms with E-state index in [0.29, 0.717) is 12.3 Å². The number of nitrogens with zero attached hydrogens (tertiary/aromatic N) is 3. The zero-order valence-electron chi connectivity index (χ0n) is 14.8. The van der Waals surface area contributed by atoms with Crippen LogP contribution in [0, 0.1) is 0 Å². The number of aromatic nitrogens is 2. The van der Waals surface area contributed by atoms with Crippen molar-refractivity contribution in [1.29, 1.82) is 0 Å². The molecule has 0 aliphatic carbocycles. The zero-order valence-corrected chi connectivity index (χ0v) is 15.6. The molecule has 4 rings (SSSR count). The highest BCUT2D eigenvalue weighted by molar-refractivity contribution is 7.09. The van der Waals surface area contributed by atoms with Gasteiger partial charge in [0.25, 0.3) is 0 Å². The highest BCUT2D eigenvalue weighted by Crippen LogP contribution is 2.28. The molecule has 2 fully saturated rings. The van der Waals surface area contributed by atoms with Gasteiger partial charge < -0.3 is 15.0 Å². The minimum atomic E-state index is 0.230. The minimum absolute atomic E-state index is 0.230. The first-order valence-corrected chi connectivity index (χ1v) is 10.1. The Labute approximate surface area is 157 Å². The van der Waals surface area contributed by atoms with Crippen LogP contribution in [0.4, 0.5) is 10.8 Å². The van der Waals surface area contributed by atoms with Crippen LogP contribution in [0.25, 0.3) is 0 Å². The minimum Gasteiger partial charge on any atom is -0.381 e. The Morgan fingerprint density at radius 2 is 1.92 bits per heavy atom. The molecular formula is C19H24N4O2S.